The highest BCUT2D eigenvalue weighted by Crippen LogP contribution is 2.40. The minimum absolute atomic E-state index is 0.188. The van der Waals surface area contributed by atoms with E-state index in [4.69, 9.17) is 11.6 Å². The Hall–Kier alpha value is -0.0400. The molecule has 2 heteroatoms. The maximum Gasteiger partial charge on any atom is 0.127 e. The number of carbonyl (C=O) groups excluding carboxylic acids is 1. The minimum Gasteiger partial charge on any atom is -0.303 e. The van der Waals surface area contributed by atoms with Gasteiger partial charge < -0.3 is 4.79 Å². The van der Waals surface area contributed by atoms with Crippen LogP contribution in [-0.2, 0) is 4.79 Å². The second-order valence-corrected chi connectivity index (χ2v) is 4.96. The first kappa shape index (κ1) is 11.0. The van der Waals surface area contributed by atoms with Gasteiger partial charge in [0.2, 0.25) is 0 Å². The topological polar surface area (TPSA) is 17.1 Å². The second kappa shape index (κ2) is 4.45. The Morgan fingerprint density at radius 2 is 2.00 bits per heavy atom. The molecule has 0 aliphatic heterocycles. The molecule has 76 valence electrons. The molecular formula is C11H19ClO. The lowest BCUT2D eigenvalue weighted by molar-refractivity contribution is -0.117. The van der Waals surface area contributed by atoms with Gasteiger partial charge in [0.1, 0.15) is 6.29 Å². The van der Waals surface area contributed by atoms with Crippen LogP contribution < -0.4 is 0 Å². The lowest BCUT2D eigenvalue weighted by atomic mass is 9.70. The van der Waals surface area contributed by atoms with E-state index in [2.05, 4.69) is 13.8 Å². The summed E-state index contributed by atoms with van der Waals surface area (Å²) in [5, 5.41) is 0. The predicted molar refractivity (Wildman–Crippen MR) is 56.0 cm³/mol. The van der Waals surface area contributed by atoms with Crippen molar-refractivity contribution >= 4 is 17.9 Å². The van der Waals surface area contributed by atoms with E-state index in [1.807, 2.05) is 0 Å². The van der Waals surface area contributed by atoms with Crippen molar-refractivity contribution in [3.8, 4) is 0 Å². The zero-order valence-corrected chi connectivity index (χ0v) is 9.31. The van der Waals surface area contributed by atoms with Crippen LogP contribution in [0.3, 0.4) is 0 Å². The van der Waals surface area contributed by atoms with Crippen molar-refractivity contribution in [2.75, 3.05) is 5.88 Å². The van der Waals surface area contributed by atoms with Crippen LogP contribution in [0, 0.1) is 17.3 Å². The van der Waals surface area contributed by atoms with E-state index in [1.54, 1.807) is 0 Å². The Balaban J connectivity index is 2.50. The van der Waals surface area contributed by atoms with Gasteiger partial charge in [-0.05, 0) is 37.5 Å². The van der Waals surface area contributed by atoms with E-state index in [-0.39, 0.29) is 5.41 Å². The first-order valence-electron chi connectivity index (χ1n) is 5.16. The van der Waals surface area contributed by atoms with Crippen molar-refractivity contribution in [3.63, 3.8) is 0 Å². The number of alkyl halides is 1. The van der Waals surface area contributed by atoms with Crippen molar-refractivity contribution in [2.24, 2.45) is 17.3 Å². The lowest BCUT2D eigenvalue weighted by Crippen LogP contribution is -2.32. The van der Waals surface area contributed by atoms with Gasteiger partial charge in [-0.3, -0.25) is 0 Å². The van der Waals surface area contributed by atoms with E-state index in [9.17, 15) is 4.79 Å². The van der Waals surface area contributed by atoms with Gasteiger partial charge in [0.15, 0.2) is 0 Å². The summed E-state index contributed by atoms with van der Waals surface area (Å²) in [6.07, 6.45) is 5.40. The van der Waals surface area contributed by atoms with E-state index in [0.29, 0.717) is 5.88 Å². The molecule has 0 aromatic rings. The summed E-state index contributed by atoms with van der Waals surface area (Å²) in [5.74, 6) is 2.05. The van der Waals surface area contributed by atoms with Crippen molar-refractivity contribution in [1.29, 1.82) is 0 Å². The molecule has 0 aromatic heterocycles. The molecule has 1 saturated carbocycles. The largest absolute Gasteiger partial charge is 0.303 e. The third kappa shape index (κ3) is 2.46. The highest BCUT2D eigenvalue weighted by molar-refractivity contribution is 6.19. The van der Waals surface area contributed by atoms with Gasteiger partial charge in [-0.1, -0.05) is 13.8 Å². The molecule has 0 aromatic carbocycles. The van der Waals surface area contributed by atoms with Crippen LogP contribution in [0.2, 0.25) is 0 Å². The average molecular weight is 203 g/mol. The summed E-state index contributed by atoms with van der Waals surface area (Å²) in [6, 6.07) is 0. The van der Waals surface area contributed by atoms with E-state index < -0.39 is 0 Å². The van der Waals surface area contributed by atoms with Crippen molar-refractivity contribution < 1.29 is 4.79 Å². The zero-order valence-electron chi connectivity index (χ0n) is 8.55. The molecule has 1 fully saturated rings. The summed E-state index contributed by atoms with van der Waals surface area (Å²) in [7, 11) is 0. The van der Waals surface area contributed by atoms with Gasteiger partial charge >= 0.3 is 0 Å². The summed E-state index contributed by atoms with van der Waals surface area (Å²) in [6.45, 7) is 4.53. The first-order valence-corrected chi connectivity index (χ1v) is 5.69. The molecule has 1 aliphatic rings. The van der Waals surface area contributed by atoms with Crippen molar-refractivity contribution in [2.45, 2.75) is 39.5 Å². The standard InChI is InChI=1S/C11H19ClO/c1-9(2)10-3-5-11(7-12,8-13)6-4-10/h8-10H,3-7H2,1-2H3. The van der Waals surface area contributed by atoms with Crippen molar-refractivity contribution in [3.05, 3.63) is 0 Å². The van der Waals surface area contributed by atoms with E-state index in [0.717, 1.165) is 31.0 Å². The van der Waals surface area contributed by atoms with Crippen LogP contribution in [0.25, 0.3) is 0 Å². The maximum absolute atomic E-state index is 10.9. The minimum atomic E-state index is -0.188. The molecule has 0 spiro atoms. The number of carbonyl (C=O) groups is 1. The van der Waals surface area contributed by atoms with Gasteiger partial charge in [-0.25, -0.2) is 0 Å². The Labute approximate surface area is 85.8 Å². The van der Waals surface area contributed by atoms with E-state index >= 15 is 0 Å². The number of hydrogen-bond donors (Lipinski definition) is 0. The fourth-order valence-corrected chi connectivity index (χ4v) is 2.49. The third-order valence-electron chi connectivity index (χ3n) is 3.48. The monoisotopic (exact) mass is 202 g/mol. The molecule has 0 heterocycles. The highest BCUT2D eigenvalue weighted by Gasteiger charge is 2.35. The normalized spacial score (nSPS) is 34.9. The third-order valence-corrected chi connectivity index (χ3v) is 4.02. The molecule has 0 bridgehead atoms. The smallest absolute Gasteiger partial charge is 0.127 e. The van der Waals surface area contributed by atoms with Gasteiger partial charge in [-0.2, -0.15) is 0 Å². The highest BCUT2D eigenvalue weighted by atomic mass is 35.5. The second-order valence-electron chi connectivity index (χ2n) is 4.70. The van der Waals surface area contributed by atoms with Crippen LogP contribution >= 0.6 is 11.6 Å². The number of hydrogen-bond acceptors (Lipinski definition) is 1. The fourth-order valence-electron chi connectivity index (χ4n) is 2.16. The number of halogens is 1. The van der Waals surface area contributed by atoms with Crippen LogP contribution in [0.1, 0.15) is 39.5 Å². The summed E-state index contributed by atoms with van der Waals surface area (Å²) in [5.41, 5.74) is -0.188. The number of rotatable bonds is 3. The Morgan fingerprint density at radius 1 is 1.46 bits per heavy atom. The first-order chi connectivity index (χ1) is 6.13. The Bertz CT molecular complexity index is 169. The summed E-state index contributed by atoms with van der Waals surface area (Å²) >= 11 is 5.83. The van der Waals surface area contributed by atoms with Gasteiger partial charge in [0, 0.05) is 11.3 Å². The molecule has 0 radical (unpaired) electrons. The van der Waals surface area contributed by atoms with Crippen molar-refractivity contribution in [1.82, 2.24) is 0 Å². The summed E-state index contributed by atoms with van der Waals surface area (Å²) < 4.78 is 0. The quantitative estimate of drug-likeness (QED) is 0.507. The van der Waals surface area contributed by atoms with Crippen LogP contribution in [0.15, 0.2) is 0 Å². The van der Waals surface area contributed by atoms with Crippen LogP contribution in [0.5, 0.6) is 0 Å². The van der Waals surface area contributed by atoms with Crippen LogP contribution in [0.4, 0.5) is 0 Å². The lowest BCUT2D eigenvalue weighted by Gasteiger charge is -2.36. The molecule has 0 unspecified atom stereocenters. The number of aldehydes is 1. The molecular weight excluding hydrogens is 184 g/mol. The fraction of sp³-hybridized carbons (Fsp3) is 0.909. The van der Waals surface area contributed by atoms with Crippen LogP contribution in [-0.4, -0.2) is 12.2 Å². The molecule has 1 rings (SSSR count). The Kier molecular flexibility index (Phi) is 3.78. The average Bonchev–Trinajstić information content (AvgIpc) is 2.18. The maximum atomic E-state index is 10.9. The zero-order chi connectivity index (χ0) is 9.90. The van der Waals surface area contributed by atoms with Gasteiger partial charge in [0.05, 0.1) is 0 Å². The van der Waals surface area contributed by atoms with Gasteiger partial charge in [0.25, 0.3) is 0 Å². The predicted octanol–water partition coefficient (Wildman–Crippen LogP) is 3.26. The molecule has 1 nitrogen and oxygen atoms in total. The molecule has 0 saturated heterocycles. The molecule has 0 N–H and O–H groups in total. The van der Waals surface area contributed by atoms with E-state index in [1.165, 1.54) is 12.8 Å². The SMILES string of the molecule is CC(C)C1CCC(C=O)(CCl)CC1. The van der Waals surface area contributed by atoms with Gasteiger partial charge in [-0.15, -0.1) is 11.6 Å². The Morgan fingerprint density at radius 3 is 2.31 bits per heavy atom. The summed E-state index contributed by atoms with van der Waals surface area (Å²) in [4.78, 5) is 10.9. The molecule has 0 amide bonds. The molecule has 13 heavy (non-hydrogen) atoms. The molecule has 0 atom stereocenters. The molecule has 1 aliphatic carbocycles.